The predicted octanol–water partition coefficient (Wildman–Crippen LogP) is 5.97. The van der Waals surface area contributed by atoms with Crippen LogP contribution in [0.4, 0.5) is 0 Å². The number of benzene rings is 2. The quantitative estimate of drug-likeness (QED) is 0.242. The number of ketones is 1. The van der Waals surface area contributed by atoms with Crippen LogP contribution in [0.25, 0.3) is 22.0 Å². The number of carbonyl (C=O) groups excluding carboxylic acids is 1. The first-order chi connectivity index (χ1) is 12.7. The summed E-state index contributed by atoms with van der Waals surface area (Å²) in [5.41, 5.74) is 7.09. The van der Waals surface area contributed by atoms with E-state index >= 15 is 0 Å². The van der Waals surface area contributed by atoms with E-state index in [1.54, 1.807) is 0 Å². The van der Waals surface area contributed by atoms with Gasteiger partial charge in [-0.15, -0.1) is 34.9 Å². The molecule has 1 radical (unpaired) electrons. The summed E-state index contributed by atoms with van der Waals surface area (Å²) >= 11 is 0. The minimum Gasteiger partial charge on any atom is -0.512 e. The normalized spacial score (nSPS) is 10.7. The standard InChI is InChI=1S/C19H18N.C5H8O2.Ir/c1-12-7-13(2)10-16(9-12)19-18-11-14(3)8-15(4)17(18)5-6-20-19;1-4(6)3-5(2)7;/h5-9,11H,1-4H3;3,6H,1-2H3;/q-1;;/b;4-3-;. The van der Waals surface area contributed by atoms with Crippen LogP contribution in [0.3, 0.4) is 0 Å². The van der Waals surface area contributed by atoms with Crippen LogP contribution in [0.15, 0.2) is 48.4 Å². The van der Waals surface area contributed by atoms with Gasteiger partial charge < -0.3 is 10.1 Å². The number of aliphatic hydroxyl groups is 1. The third-order valence-corrected chi connectivity index (χ3v) is 4.05. The van der Waals surface area contributed by atoms with E-state index in [1.165, 1.54) is 47.4 Å². The van der Waals surface area contributed by atoms with Crippen LogP contribution in [0.5, 0.6) is 0 Å². The molecule has 149 valence electrons. The summed E-state index contributed by atoms with van der Waals surface area (Å²) in [5, 5.41) is 10.8. The zero-order chi connectivity index (χ0) is 20.1. The van der Waals surface area contributed by atoms with Gasteiger partial charge in [-0.25, -0.2) is 0 Å². The minimum absolute atomic E-state index is 0. The molecule has 0 atom stereocenters. The first kappa shape index (κ1) is 23.7. The molecule has 1 N–H and O–H groups in total. The first-order valence-electron chi connectivity index (χ1n) is 8.92. The Labute approximate surface area is 180 Å². The number of aliphatic hydroxyl groups excluding tert-OH is 1. The van der Waals surface area contributed by atoms with Gasteiger partial charge in [-0.1, -0.05) is 31.5 Å². The van der Waals surface area contributed by atoms with Crippen molar-refractivity contribution < 1.29 is 30.0 Å². The summed E-state index contributed by atoms with van der Waals surface area (Å²) < 4.78 is 0. The Balaban J connectivity index is 0.000000425. The van der Waals surface area contributed by atoms with Crippen molar-refractivity contribution in [3.05, 3.63) is 76.7 Å². The second kappa shape index (κ2) is 10.3. The van der Waals surface area contributed by atoms with E-state index in [-0.39, 0.29) is 31.6 Å². The number of fused-ring (bicyclic) bond motifs is 1. The molecule has 3 aromatic rings. The van der Waals surface area contributed by atoms with Crippen molar-refractivity contribution >= 4 is 16.6 Å². The summed E-state index contributed by atoms with van der Waals surface area (Å²) in [6.45, 7) is 11.3. The monoisotopic (exact) mass is 553 g/mol. The fourth-order valence-corrected chi connectivity index (χ4v) is 3.18. The van der Waals surface area contributed by atoms with Crippen LogP contribution < -0.4 is 0 Å². The summed E-state index contributed by atoms with van der Waals surface area (Å²) in [4.78, 5) is 14.6. The molecule has 0 amide bonds. The molecule has 1 aromatic heterocycles. The van der Waals surface area contributed by atoms with Gasteiger partial charge in [0.05, 0.1) is 5.76 Å². The zero-order valence-corrected chi connectivity index (χ0v) is 19.6. The van der Waals surface area contributed by atoms with Crippen molar-refractivity contribution in [1.29, 1.82) is 0 Å². The molecule has 0 aliphatic heterocycles. The number of rotatable bonds is 2. The van der Waals surface area contributed by atoms with E-state index in [0.29, 0.717) is 0 Å². The van der Waals surface area contributed by atoms with Crippen LogP contribution in [-0.4, -0.2) is 15.9 Å². The van der Waals surface area contributed by atoms with E-state index in [9.17, 15) is 4.79 Å². The minimum atomic E-state index is -0.125. The van der Waals surface area contributed by atoms with E-state index in [0.717, 1.165) is 16.8 Å². The smallest absolute Gasteiger partial charge is 0.155 e. The molecular weight excluding hydrogens is 526 g/mol. The fraction of sp³-hybridized carbons (Fsp3) is 0.250. The second-order valence-corrected chi connectivity index (χ2v) is 6.99. The molecule has 0 unspecified atom stereocenters. The Morgan fingerprint density at radius 1 is 1.00 bits per heavy atom. The van der Waals surface area contributed by atoms with E-state index in [2.05, 4.69) is 69.1 Å². The van der Waals surface area contributed by atoms with Crippen molar-refractivity contribution in [1.82, 2.24) is 4.98 Å². The van der Waals surface area contributed by atoms with Crippen LogP contribution >= 0.6 is 0 Å². The predicted molar refractivity (Wildman–Crippen MR) is 112 cm³/mol. The average Bonchev–Trinajstić information content (AvgIpc) is 2.52. The van der Waals surface area contributed by atoms with E-state index in [4.69, 9.17) is 5.11 Å². The SMILES string of the molecule is CC(=O)/C=C(/C)O.Cc1[c-]c(-c2nccc3c(C)cc(C)cc23)cc(C)c1.[Ir]. The molecule has 1 heterocycles. The third-order valence-electron chi connectivity index (χ3n) is 4.05. The number of aryl methyl sites for hydroxylation is 4. The van der Waals surface area contributed by atoms with E-state index in [1.807, 2.05) is 6.20 Å². The molecule has 2 aromatic carbocycles. The van der Waals surface area contributed by atoms with Crippen LogP contribution in [0.1, 0.15) is 36.1 Å². The molecule has 0 aliphatic rings. The third kappa shape index (κ3) is 6.40. The van der Waals surface area contributed by atoms with Crippen molar-refractivity contribution in [2.75, 3.05) is 0 Å². The molecular formula is C24H26IrNO2-. The number of pyridine rings is 1. The van der Waals surface area contributed by atoms with Gasteiger partial charge in [-0.2, -0.15) is 0 Å². The number of hydrogen-bond acceptors (Lipinski definition) is 3. The number of carbonyl (C=O) groups is 1. The molecule has 3 rings (SSSR count). The Morgan fingerprint density at radius 3 is 2.18 bits per heavy atom. The summed E-state index contributed by atoms with van der Waals surface area (Å²) in [5.74, 6) is -0.0625. The van der Waals surface area contributed by atoms with Gasteiger partial charge in [0.2, 0.25) is 0 Å². The van der Waals surface area contributed by atoms with E-state index < -0.39 is 0 Å². The van der Waals surface area contributed by atoms with Crippen LogP contribution in [0, 0.1) is 33.8 Å². The Hall–Kier alpha value is -2.29. The van der Waals surface area contributed by atoms with Gasteiger partial charge in [-0.3, -0.25) is 4.79 Å². The van der Waals surface area contributed by atoms with Crippen molar-refractivity contribution in [2.24, 2.45) is 0 Å². The fourth-order valence-electron chi connectivity index (χ4n) is 3.18. The topological polar surface area (TPSA) is 50.2 Å². The molecule has 0 spiro atoms. The average molecular weight is 553 g/mol. The van der Waals surface area contributed by atoms with Gasteiger partial charge in [0.15, 0.2) is 5.78 Å². The van der Waals surface area contributed by atoms with Gasteiger partial charge >= 0.3 is 0 Å². The van der Waals surface area contributed by atoms with Crippen LogP contribution in [0.2, 0.25) is 0 Å². The second-order valence-electron chi connectivity index (χ2n) is 6.99. The number of aromatic nitrogens is 1. The molecule has 3 nitrogen and oxygen atoms in total. The molecule has 4 heteroatoms. The molecule has 28 heavy (non-hydrogen) atoms. The largest absolute Gasteiger partial charge is 0.512 e. The van der Waals surface area contributed by atoms with Gasteiger partial charge in [0.1, 0.15) is 0 Å². The van der Waals surface area contributed by atoms with Crippen molar-refractivity contribution in [3.8, 4) is 11.3 Å². The summed E-state index contributed by atoms with van der Waals surface area (Å²) in [6, 6.07) is 14.3. The Bertz CT molecular complexity index is 998. The molecule has 0 aliphatic carbocycles. The number of nitrogens with zero attached hydrogens (tertiary/aromatic N) is 1. The molecule has 0 fully saturated rings. The Morgan fingerprint density at radius 2 is 1.64 bits per heavy atom. The Kier molecular flexibility index (Phi) is 8.74. The maximum absolute atomic E-state index is 10.0. The summed E-state index contributed by atoms with van der Waals surface area (Å²) in [6.07, 6.45) is 3.06. The first-order valence-corrected chi connectivity index (χ1v) is 8.92. The number of hydrogen-bond donors (Lipinski definition) is 1. The maximum atomic E-state index is 10.0. The maximum Gasteiger partial charge on any atom is 0.155 e. The molecule has 0 saturated heterocycles. The van der Waals surface area contributed by atoms with Crippen molar-refractivity contribution in [3.63, 3.8) is 0 Å². The van der Waals surface area contributed by atoms with Gasteiger partial charge in [0.25, 0.3) is 0 Å². The molecule has 0 bridgehead atoms. The van der Waals surface area contributed by atoms with Gasteiger partial charge in [0, 0.05) is 32.4 Å². The van der Waals surface area contributed by atoms with Crippen molar-refractivity contribution in [2.45, 2.75) is 41.5 Å². The number of allylic oxidation sites excluding steroid dienone is 2. The summed E-state index contributed by atoms with van der Waals surface area (Å²) in [7, 11) is 0. The molecule has 0 saturated carbocycles. The zero-order valence-electron chi connectivity index (χ0n) is 17.2. The van der Waals surface area contributed by atoms with Gasteiger partial charge in [-0.05, 0) is 55.8 Å². The van der Waals surface area contributed by atoms with Crippen LogP contribution in [-0.2, 0) is 24.9 Å².